The molecule has 0 radical (unpaired) electrons. The summed E-state index contributed by atoms with van der Waals surface area (Å²) in [5.41, 5.74) is 0. The third-order valence-corrected chi connectivity index (χ3v) is 3.77. The fourth-order valence-electron chi connectivity index (χ4n) is 1.19. The number of carboxylic acids is 1. The number of sulfone groups is 1. The second-order valence-electron chi connectivity index (χ2n) is 3.93. The van der Waals surface area contributed by atoms with E-state index in [1.54, 1.807) is 0 Å². The van der Waals surface area contributed by atoms with Gasteiger partial charge in [-0.05, 0) is 13.3 Å². The molecule has 0 aromatic heterocycles. The van der Waals surface area contributed by atoms with Crippen molar-refractivity contribution in [1.82, 2.24) is 5.32 Å². The second-order valence-corrected chi connectivity index (χ2v) is 6.11. The molecule has 0 fully saturated rings. The lowest BCUT2D eigenvalue weighted by Gasteiger charge is -2.09. The molecule has 0 aliphatic rings. The van der Waals surface area contributed by atoms with Gasteiger partial charge in [0.2, 0.25) is 5.91 Å². The number of nitrogens with one attached hydrogen (secondary N) is 1. The van der Waals surface area contributed by atoms with Crippen LogP contribution in [0.3, 0.4) is 0 Å². The van der Waals surface area contributed by atoms with E-state index in [2.05, 4.69) is 5.32 Å². The fourth-order valence-corrected chi connectivity index (χ4v) is 2.46. The van der Waals surface area contributed by atoms with Crippen molar-refractivity contribution in [2.24, 2.45) is 0 Å². The Balaban J connectivity index is 4.14. The number of carbonyl (C=O) groups excluding carboxylic acids is 1. The largest absolute Gasteiger partial charge is 0.480 e. The van der Waals surface area contributed by atoms with Gasteiger partial charge in [-0.1, -0.05) is 19.8 Å². The van der Waals surface area contributed by atoms with Gasteiger partial charge in [-0.15, -0.1) is 0 Å². The molecule has 0 aliphatic carbocycles. The van der Waals surface area contributed by atoms with Gasteiger partial charge >= 0.3 is 5.97 Å². The Morgan fingerprint density at radius 3 is 2.35 bits per heavy atom. The molecule has 17 heavy (non-hydrogen) atoms. The van der Waals surface area contributed by atoms with E-state index in [9.17, 15) is 18.0 Å². The number of hydrogen-bond donors (Lipinski definition) is 2. The maximum Gasteiger partial charge on any atom is 0.325 e. The standard InChI is InChI=1S/C10H19NO5S/c1-3-4-5-6-17(15,16)7-9(12)11-8(2)10(13)14/h8H,3-7H2,1-2H3,(H,11,12)(H,13,14)/t8-/m0/s1. The van der Waals surface area contributed by atoms with Gasteiger partial charge in [0.15, 0.2) is 9.84 Å². The van der Waals surface area contributed by atoms with E-state index in [0.717, 1.165) is 12.8 Å². The Kier molecular flexibility index (Phi) is 6.79. The molecule has 0 heterocycles. The third kappa shape index (κ3) is 7.73. The van der Waals surface area contributed by atoms with Crippen LogP contribution < -0.4 is 5.32 Å². The molecule has 0 aliphatic heterocycles. The predicted molar refractivity (Wildman–Crippen MR) is 63.4 cm³/mol. The fraction of sp³-hybridized carbons (Fsp3) is 0.800. The number of amides is 1. The van der Waals surface area contributed by atoms with Crippen LogP contribution >= 0.6 is 0 Å². The van der Waals surface area contributed by atoms with Crippen molar-refractivity contribution in [3.63, 3.8) is 0 Å². The molecule has 0 unspecified atom stereocenters. The third-order valence-electron chi connectivity index (χ3n) is 2.16. The average Bonchev–Trinajstić information content (AvgIpc) is 2.16. The summed E-state index contributed by atoms with van der Waals surface area (Å²) in [6.45, 7) is 3.23. The van der Waals surface area contributed by atoms with E-state index in [-0.39, 0.29) is 5.75 Å². The Labute approximate surface area is 101 Å². The van der Waals surface area contributed by atoms with E-state index >= 15 is 0 Å². The summed E-state index contributed by atoms with van der Waals surface area (Å²) >= 11 is 0. The molecule has 0 rings (SSSR count). The number of unbranched alkanes of at least 4 members (excludes halogenated alkanes) is 2. The first-order valence-electron chi connectivity index (χ1n) is 5.51. The van der Waals surface area contributed by atoms with Gasteiger partial charge in [-0.3, -0.25) is 9.59 Å². The SMILES string of the molecule is CCCCCS(=O)(=O)CC(=O)N[C@@H](C)C(=O)O. The van der Waals surface area contributed by atoms with Crippen LogP contribution in [0.5, 0.6) is 0 Å². The van der Waals surface area contributed by atoms with Gasteiger partial charge in [0.05, 0.1) is 5.75 Å². The molecule has 7 heteroatoms. The molecule has 0 saturated heterocycles. The Morgan fingerprint density at radius 2 is 1.88 bits per heavy atom. The summed E-state index contributed by atoms with van der Waals surface area (Å²) in [4.78, 5) is 21.7. The summed E-state index contributed by atoms with van der Waals surface area (Å²) in [6.07, 6.45) is 2.23. The zero-order valence-electron chi connectivity index (χ0n) is 10.1. The van der Waals surface area contributed by atoms with Gasteiger partial charge in [0.25, 0.3) is 0 Å². The first kappa shape index (κ1) is 15.9. The summed E-state index contributed by atoms with van der Waals surface area (Å²) in [6, 6.07) is -1.08. The summed E-state index contributed by atoms with van der Waals surface area (Å²) in [5, 5.41) is 10.6. The Morgan fingerprint density at radius 1 is 1.29 bits per heavy atom. The van der Waals surface area contributed by atoms with Crippen molar-refractivity contribution >= 4 is 21.7 Å². The van der Waals surface area contributed by atoms with Gasteiger partial charge in [0, 0.05) is 0 Å². The van der Waals surface area contributed by atoms with Crippen LogP contribution in [0, 0.1) is 0 Å². The summed E-state index contributed by atoms with van der Waals surface area (Å²) in [7, 11) is -3.43. The zero-order valence-corrected chi connectivity index (χ0v) is 10.9. The highest BCUT2D eigenvalue weighted by molar-refractivity contribution is 7.92. The lowest BCUT2D eigenvalue weighted by Crippen LogP contribution is -2.41. The monoisotopic (exact) mass is 265 g/mol. The molecular weight excluding hydrogens is 246 g/mol. The van der Waals surface area contributed by atoms with Crippen LogP contribution in [0.1, 0.15) is 33.1 Å². The van der Waals surface area contributed by atoms with E-state index in [0.29, 0.717) is 6.42 Å². The average molecular weight is 265 g/mol. The van der Waals surface area contributed by atoms with Gasteiger partial charge in [-0.2, -0.15) is 0 Å². The van der Waals surface area contributed by atoms with Crippen molar-refractivity contribution in [2.45, 2.75) is 39.2 Å². The minimum atomic E-state index is -3.43. The topological polar surface area (TPSA) is 101 Å². The van der Waals surface area contributed by atoms with Crippen LogP contribution in [0.25, 0.3) is 0 Å². The van der Waals surface area contributed by atoms with Crippen molar-refractivity contribution < 1.29 is 23.1 Å². The predicted octanol–water partition coefficient (Wildman–Crippen LogP) is 0.181. The van der Waals surface area contributed by atoms with Crippen molar-refractivity contribution in [1.29, 1.82) is 0 Å². The van der Waals surface area contributed by atoms with E-state index < -0.39 is 33.5 Å². The minimum Gasteiger partial charge on any atom is -0.480 e. The lowest BCUT2D eigenvalue weighted by atomic mass is 10.3. The number of carboxylic acid groups (broad SMARTS) is 1. The van der Waals surface area contributed by atoms with Crippen LogP contribution in [-0.2, 0) is 19.4 Å². The number of aliphatic carboxylic acids is 1. The van der Waals surface area contributed by atoms with Crippen molar-refractivity contribution in [3.05, 3.63) is 0 Å². The summed E-state index contributed by atoms with van der Waals surface area (Å²) in [5.74, 6) is -2.64. The first-order valence-corrected chi connectivity index (χ1v) is 7.33. The molecule has 6 nitrogen and oxygen atoms in total. The van der Waals surface area contributed by atoms with Crippen LogP contribution in [0.2, 0.25) is 0 Å². The highest BCUT2D eigenvalue weighted by Crippen LogP contribution is 2.00. The Bertz CT molecular complexity index is 363. The molecule has 1 atom stereocenters. The van der Waals surface area contributed by atoms with Crippen molar-refractivity contribution in [3.8, 4) is 0 Å². The van der Waals surface area contributed by atoms with Crippen LogP contribution in [0.4, 0.5) is 0 Å². The lowest BCUT2D eigenvalue weighted by molar-refractivity contribution is -0.140. The molecule has 0 saturated carbocycles. The Hall–Kier alpha value is -1.11. The van der Waals surface area contributed by atoms with Gasteiger partial charge in [0.1, 0.15) is 11.8 Å². The molecule has 100 valence electrons. The second kappa shape index (κ2) is 7.26. The minimum absolute atomic E-state index is 0.0320. The highest BCUT2D eigenvalue weighted by Gasteiger charge is 2.19. The van der Waals surface area contributed by atoms with E-state index in [1.165, 1.54) is 6.92 Å². The normalized spacial score (nSPS) is 13.1. The molecule has 1 amide bonds. The summed E-state index contributed by atoms with van der Waals surface area (Å²) < 4.78 is 22.9. The van der Waals surface area contributed by atoms with Gasteiger partial charge < -0.3 is 10.4 Å². The van der Waals surface area contributed by atoms with E-state index in [4.69, 9.17) is 5.11 Å². The zero-order chi connectivity index (χ0) is 13.5. The van der Waals surface area contributed by atoms with Crippen molar-refractivity contribution in [2.75, 3.05) is 11.5 Å². The molecule has 0 spiro atoms. The number of rotatable bonds is 8. The quantitative estimate of drug-likeness (QED) is 0.610. The number of hydrogen-bond acceptors (Lipinski definition) is 4. The van der Waals surface area contributed by atoms with E-state index in [1.807, 2.05) is 6.92 Å². The maximum atomic E-state index is 11.5. The smallest absolute Gasteiger partial charge is 0.325 e. The van der Waals surface area contributed by atoms with Crippen LogP contribution in [0.15, 0.2) is 0 Å². The number of carbonyl (C=O) groups is 2. The first-order chi connectivity index (χ1) is 7.78. The maximum absolute atomic E-state index is 11.5. The molecule has 0 aromatic rings. The highest BCUT2D eigenvalue weighted by atomic mass is 32.2. The van der Waals surface area contributed by atoms with Gasteiger partial charge in [-0.25, -0.2) is 8.42 Å². The molecule has 2 N–H and O–H groups in total. The molecule has 0 aromatic carbocycles. The molecule has 0 bridgehead atoms. The van der Waals surface area contributed by atoms with Crippen LogP contribution in [-0.4, -0.2) is 42.9 Å². The molecular formula is C10H19NO5S.